The van der Waals surface area contributed by atoms with Gasteiger partial charge in [-0.2, -0.15) is 0 Å². The van der Waals surface area contributed by atoms with E-state index >= 15 is 0 Å². The fourth-order valence-electron chi connectivity index (χ4n) is 0.418. The van der Waals surface area contributed by atoms with Gasteiger partial charge in [0, 0.05) is 0 Å². The topological polar surface area (TPSA) is 52.6 Å². The van der Waals surface area contributed by atoms with E-state index in [1.165, 1.54) is 13.8 Å². The van der Waals surface area contributed by atoms with E-state index in [1.807, 2.05) is 0 Å². The van der Waals surface area contributed by atoms with Crippen LogP contribution in [-0.2, 0) is 14.3 Å². The standard InChI is InChI=1S/C4H6O3.C3H6O/c1-3-2-6-4(5)7-3;1-3(2)4/h3H,2H2,1H3;1-2H3. The molecule has 11 heavy (non-hydrogen) atoms. The lowest BCUT2D eigenvalue weighted by Gasteiger charge is -1.90. The highest BCUT2D eigenvalue weighted by atomic mass is 16.8. The summed E-state index contributed by atoms with van der Waals surface area (Å²) in [5.74, 6) is 0.167. The van der Waals surface area contributed by atoms with E-state index in [0.717, 1.165) is 0 Å². The van der Waals surface area contributed by atoms with Gasteiger partial charge in [-0.05, 0) is 20.8 Å². The van der Waals surface area contributed by atoms with Gasteiger partial charge in [-0.1, -0.05) is 0 Å². The molecule has 64 valence electrons. The van der Waals surface area contributed by atoms with E-state index in [4.69, 9.17) is 0 Å². The first-order chi connectivity index (χ1) is 5.02. The minimum Gasteiger partial charge on any atom is -0.430 e. The van der Waals surface area contributed by atoms with Crippen molar-refractivity contribution in [1.29, 1.82) is 0 Å². The van der Waals surface area contributed by atoms with Crippen molar-refractivity contribution in [1.82, 2.24) is 0 Å². The van der Waals surface area contributed by atoms with Gasteiger partial charge in [-0.25, -0.2) is 4.79 Å². The van der Waals surface area contributed by atoms with Crippen molar-refractivity contribution in [2.45, 2.75) is 26.9 Å². The van der Waals surface area contributed by atoms with Gasteiger partial charge in [-0.3, -0.25) is 0 Å². The van der Waals surface area contributed by atoms with Crippen LogP contribution in [0.25, 0.3) is 0 Å². The molecule has 1 unspecified atom stereocenters. The van der Waals surface area contributed by atoms with Crippen LogP contribution in [0.15, 0.2) is 0 Å². The van der Waals surface area contributed by atoms with E-state index in [0.29, 0.717) is 6.61 Å². The van der Waals surface area contributed by atoms with Crippen molar-refractivity contribution >= 4 is 11.9 Å². The Balaban J connectivity index is 0.000000218. The Bertz CT molecular complexity index is 149. The lowest BCUT2D eigenvalue weighted by molar-refractivity contribution is -0.114. The Morgan fingerprint density at radius 1 is 1.55 bits per heavy atom. The number of cyclic esters (lactones) is 2. The number of Topliss-reactive ketones (excluding diaryl/α,β-unsaturated/α-hetero) is 1. The Kier molecular flexibility index (Phi) is 4.26. The first-order valence-corrected chi connectivity index (χ1v) is 3.33. The zero-order valence-electron chi connectivity index (χ0n) is 6.92. The lowest BCUT2D eigenvalue weighted by Crippen LogP contribution is -2.01. The van der Waals surface area contributed by atoms with Gasteiger partial charge in [0.15, 0.2) is 0 Å². The van der Waals surface area contributed by atoms with Gasteiger partial charge in [0.2, 0.25) is 0 Å². The molecule has 0 aliphatic carbocycles. The maximum atomic E-state index is 10.0. The normalized spacial score (nSPS) is 21.0. The summed E-state index contributed by atoms with van der Waals surface area (Å²) in [4.78, 5) is 19.5. The predicted octanol–water partition coefficient (Wildman–Crippen LogP) is 1.14. The van der Waals surface area contributed by atoms with Gasteiger partial charge >= 0.3 is 6.16 Å². The molecule has 0 amide bonds. The Morgan fingerprint density at radius 3 is 2.09 bits per heavy atom. The average Bonchev–Trinajstić information content (AvgIpc) is 2.13. The second-order valence-electron chi connectivity index (χ2n) is 2.40. The maximum absolute atomic E-state index is 10.0. The van der Waals surface area contributed by atoms with Crippen molar-refractivity contribution in [3.05, 3.63) is 0 Å². The molecule has 0 radical (unpaired) electrons. The molecule has 0 spiro atoms. The molecule has 0 saturated carbocycles. The van der Waals surface area contributed by atoms with Crippen LogP contribution in [0.5, 0.6) is 0 Å². The zero-order chi connectivity index (χ0) is 8.85. The number of carbonyl (C=O) groups excluding carboxylic acids is 2. The highest BCUT2D eigenvalue weighted by Gasteiger charge is 2.19. The third kappa shape index (κ3) is 6.83. The molecule has 0 aromatic rings. The third-order valence-corrected chi connectivity index (χ3v) is 0.733. The highest BCUT2D eigenvalue weighted by molar-refractivity contribution is 5.72. The summed E-state index contributed by atoms with van der Waals surface area (Å²) in [6.07, 6.45) is -0.597. The number of carbonyl (C=O) groups is 2. The van der Waals surface area contributed by atoms with Gasteiger partial charge in [0.1, 0.15) is 18.5 Å². The van der Waals surface area contributed by atoms with Crippen molar-refractivity contribution in [2.24, 2.45) is 0 Å². The van der Waals surface area contributed by atoms with Crippen LogP contribution in [0.2, 0.25) is 0 Å². The fourth-order valence-corrected chi connectivity index (χ4v) is 0.418. The Hall–Kier alpha value is -1.06. The van der Waals surface area contributed by atoms with E-state index in [2.05, 4.69) is 9.47 Å². The first-order valence-electron chi connectivity index (χ1n) is 3.33. The minimum absolute atomic E-state index is 0.0486. The third-order valence-electron chi connectivity index (χ3n) is 0.733. The smallest absolute Gasteiger partial charge is 0.430 e. The van der Waals surface area contributed by atoms with E-state index < -0.39 is 6.16 Å². The molecular weight excluding hydrogens is 148 g/mol. The molecular formula is C7H12O4. The summed E-state index contributed by atoms with van der Waals surface area (Å²) >= 11 is 0. The summed E-state index contributed by atoms with van der Waals surface area (Å²) in [6, 6.07) is 0. The molecule has 1 saturated heterocycles. The van der Waals surface area contributed by atoms with Crippen LogP contribution in [0.1, 0.15) is 20.8 Å². The number of hydrogen-bond donors (Lipinski definition) is 0. The van der Waals surface area contributed by atoms with Crippen LogP contribution in [-0.4, -0.2) is 24.6 Å². The SMILES string of the molecule is CC(C)=O.CC1COC(=O)O1. The van der Waals surface area contributed by atoms with Crippen LogP contribution >= 0.6 is 0 Å². The van der Waals surface area contributed by atoms with Crippen LogP contribution in [0, 0.1) is 0 Å². The fraction of sp³-hybridized carbons (Fsp3) is 0.714. The second-order valence-corrected chi connectivity index (χ2v) is 2.40. The summed E-state index contributed by atoms with van der Waals surface area (Å²) in [5.41, 5.74) is 0. The molecule has 0 N–H and O–H groups in total. The summed E-state index contributed by atoms with van der Waals surface area (Å²) in [7, 11) is 0. The molecule has 0 aromatic carbocycles. The van der Waals surface area contributed by atoms with E-state index in [9.17, 15) is 9.59 Å². The van der Waals surface area contributed by atoms with Crippen molar-refractivity contribution < 1.29 is 19.1 Å². The van der Waals surface area contributed by atoms with Crippen LogP contribution in [0.3, 0.4) is 0 Å². The molecule has 1 heterocycles. The summed E-state index contributed by atoms with van der Waals surface area (Å²) < 4.78 is 8.90. The summed E-state index contributed by atoms with van der Waals surface area (Å²) in [5, 5.41) is 0. The van der Waals surface area contributed by atoms with E-state index in [-0.39, 0.29) is 11.9 Å². The molecule has 4 heteroatoms. The minimum atomic E-state index is -0.549. The second kappa shape index (κ2) is 4.71. The average molecular weight is 160 g/mol. The number of rotatable bonds is 0. The van der Waals surface area contributed by atoms with Gasteiger partial charge in [-0.15, -0.1) is 0 Å². The van der Waals surface area contributed by atoms with Gasteiger partial charge in [0.25, 0.3) is 0 Å². The Labute approximate surface area is 65.5 Å². The van der Waals surface area contributed by atoms with Gasteiger partial charge in [0.05, 0.1) is 0 Å². The zero-order valence-corrected chi connectivity index (χ0v) is 6.92. The molecule has 1 fully saturated rings. The largest absolute Gasteiger partial charge is 0.508 e. The quantitative estimate of drug-likeness (QED) is 0.498. The number of ether oxygens (including phenoxy) is 2. The Morgan fingerprint density at radius 2 is 2.00 bits per heavy atom. The van der Waals surface area contributed by atoms with Crippen molar-refractivity contribution in [3.8, 4) is 0 Å². The molecule has 0 aromatic heterocycles. The van der Waals surface area contributed by atoms with Crippen LogP contribution in [0.4, 0.5) is 4.79 Å². The monoisotopic (exact) mass is 160 g/mol. The molecule has 4 nitrogen and oxygen atoms in total. The molecule has 1 atom stereocenters. The van der Waals surface area contributed by atoms with Crippen molar-refractivity contribution in [2.75, 3.05) is 6.61 Å². The highest BCUT2D eigenvalue weighted by Crippen LogP contribution is 2.02. The van der Waals surface area contributed by atoms with E-state index in [1.54, 1.807) is 6.92 Å². The maximum Gasteiger partial charge on any atom is 0.508 e. The molecule has 1 aliphatic rings. The summed E-state index contributed by atoms with van der Waals surface area (Å²) in [6.45, 7) is 5.24. The number of hydrogen-bond acceptors (Lipinski definition) is 4. The van der Waals surface area contributed by atoms with Crippen molar-refractivity contribution in [3.63, 3.8) is 0 Å². The lowest BCUT2D eigenvalue weighted by atomic mass is 10.5. The molecule has 1 rings (SSSR count). The van der Waals surface area contributed by atoms with Crippen LogP contribution < -0.4 is 0 Å². The molecule has 0 bridgehead atoms. The first kappa shape index (κ1) is 9.94. The molecule has 1 aliphatic heterocycles. The number of ketones is 1. The predicted molar refractivity (Wildman–Crippen MR) is 38.2 cm³/mol. The van der Waals surface area contributed by atoms with Gasteiger partial charge < -0.3 is 14.3 Å².